The molecule has 2 heterocycles. The van der Waals surface area contributed by atoms with E-state index in [1.807, 2.05) is 0 Å². The second kappa shape index (κ2) is 4.20. The highest BCUT2D eigenvalue weighted by molar-refractivity contribution is 7.93. The van der Waals surface area contributed by atoms with Gasteiger partial charge in [0, 0.05) is 13.1 Å². The number of hydrogen-bond donors (Lipinski definition) is 1. The van der Waals surface area contributed by atoms with E-state index in [1.165, 1.54) is 16.4 Å². The molecular weight excluding hydrogens is 255 g/mol. The predicted octanol–water partition coefficient (Wildman–Crippen LogP) is 0.880. The van der Waals surface area contributed by atoms with Crippen LogP contribution in [0.25, 0.3) is 0 Å². The predicted molar refractivity (Wildman–Crippen MR) is 67.6 cm³/mol. The fraction of sp³-hybridized carbons (Fsp3) is 0.500. The maximum atomic E-state index is 13.3. The van der Waals surface area contributed by atoms with Crippen molar-refractivity contribution in [1.82, 2.24) is 5.32 Å². The van der Waals surface area contributed by atoms with Gasteiger partial charge in [-0.05, 0) is 37.1 Å². The molecule has 2 aliphatic rings. The van der Waals surface area contributed by atoms with Crippen LogP contribution in [-0.2, 0) is 16.4 Å². The summed E-state index contributed by atoms with van der Waals surface area (Å²) in [5.74, 6) is -0.389. The highest BCUT2D eigenvalue weighted by atomic mass is 32.2. The first-order chi connectivity index (χ1) is 8.59. The van der Waals surface area contributed by atoms with Crippen LogP contribution < -0.4 is 9.62 Å². The van der Waals surface area contributed by atoms with Crippen LogP contribution in [0.2, 0.25) is 0 Å². The third kappa shape index (κ3) is 1.80. The van der Waals surface area contributed by atoms with E-state index in [-0.39, 0.29) is 11.1 Å². The van der Waals surface area contributed by atoms with Crippen molar-refractivity contribution in [2.45, 2.75) is 18.1 Å². The minimum Gasteiger partial charge on any atom is -0.315 e. The second-order valence-electron chi connectivity index (χ2n) is 4.75. The maximum absolute atomic E-state index is 13.3. The van der Waals surface area contributed by atoms with Crippen LogP contribution >= 0.6 is 0 Å². The molecular formula is C12H15FN2O2S. The van der Waals surface area contributed by atoms with Crippen LogP contribution in [0, 0.1) is 5.82 Å². The molecule has 1 atom stereocenters. The summed E-state index contributed by atoms with van der Waals surface area (Å²) in [6.45, 7) is 1.65. The van der Waals surface area contributed by atoms with Crippen LogP contribution in [-0.4, -0.2) is 33.3 Å². The molecule has 98 valence electrons. The van der Waals surface area contributed by atoms with Gasteiger partial charge >= 0.3 is 0 Å². The zero-order valence-corrected chi connectivity index (χ0v) is 10.7. The van der Waals surface area contributed by atoms with Crippen molar-refractivity contribution < 1.29 is 12.8 Å². The Morgan fingerprint density at radius 3 is 2.94 bits per heavy atom. The van der Waals surface area contributed by atoms with Crippen LogP contribution in [0.4, 0.5) is 10.1 Å². The highest BCUT2D eigenvalue weighted by Crippen LogP contribution is 2.33. The molecule has 18 heavy (non-hydrogen) atoms. The van der Waals surface area contributed by atoms with E-state index in [9.17, 15) is 12.8 Å². The first-order valence-corrected chi connectivity index (χ1v) is 7.60. The van der Waals surface area contributed by atoms with Gasteiger partial charge in [-0.15, -0.1) is 0 Å². The summed E-state index contributed by atoms with van der Waals surface area (Å²) in [6.07, 6.45) is 1.29. The van der Waals surface area contributed by atoms with E-state index >= 15 is 0 Å². The van der Waals surface area contributed by atoms with Gasteiger partial charge in [-0.25, -0.2) is 12.8 Å². The molecule has 0 saturated carbocycles. The van der Waals surface area contributed by atoms with Crippen LogP contribution in [0.1, 0.15) is 12.0 Å². The average molecular weight is 270 g/mol. The monoisotopic (exact) mass is 270 g/mol. The number of anilines is 1. The zero-order chi connectivity index (χ0) is 12.8. The van der Waals surface area contributed by atoms with Gasteiger partial charge in [-0.2, -0.15) is 0 Å². The second-order valence-corrected chi connectivity index (χ2v) is 6.89. The first kappa shape index (κ1) is 11.9. The summed E-state index contributed by atoms with van der Waals surface area (Å²) in [5, 5.41) is 2.67. The van der Waals surface area contributed by atoms with E-state index in [1.54, 1.807) is 6.07 Å². The molecule has 0 radical (unpaired) electrons. The minimum atomic E-state index is -3.36. The third-order valence-corrected chi connectivity index (χ3v) is 5.88. The standard InChI is InChI=1S/C12H15FN2O2S/c13-10-2-1-9-4-6-15(12(9)7-10)18(16,17)11-3-5-14-8-11/h1-2,7,11,14H,3-6,8H2. The summed E-state index contributed by atoms with van der Waals surface area (Å²) in [6, 6.07) is 4.38. The number of fused-ring (bicyclic) bond motifs is 1. The highest BCUT2D eigenvalue weighted by Gasteiger charge is 2.37. The summed E-state index contributed by atoms with van der Waals surface area (Å²) < 4.78 is 39.6. The lowest BCUT2D eigenvalue weighted by Gasteiger charge is -2.23. The van der Waals surface area contributed by atoms with Crippen molar-refractivity contribution in [2.75, 3.05) is 23.9 Å². The Labute approximate surface area is 106 Å². The molecule has 0 amide bonds. The molecule has 2 aliphatic heterocycles. The molecule has 0 aliphatic carbocycles. The number of sulfonamides is 1. The van der Waals surface area contributed by atoms with E-state index in [4.69, 9.17) is 0 Å². The van der Waals surface area contributed by atoms with Crippen LogP contribution in [0.5, 0.6) is 0 Å². The molecule has 0 aromatic heterocycles. The Kier molecular flexibility index (Phi) is 2.79. The summed E-state index contributed by atoms with van der Waals surface area (Å²) >= 11 is 0. The molecule has 1 unspecified atom stereocenters. The average Bonchev–Trinajstić information content (AvgIpc) is 2.97. The summed E-state index contributed by atoms with van der Waals surface area (Å²) in [7, 11) is -3.36. The normalized spacial score (nSPS) is 23.4. The SMILES string of the molecule is O=S(=O)(C1CCNC1)N1CCc2ccc(F)cc21. The molecule has 0 bridgehead atoms. The zero-order valence-electron chi connectivity index (χ0n) is 9.89. The summed E-state index contributed by atoms with van der Waals surface area (Å²) in [5.41, 5.74) is 1.42. The molecule has 3 rings (SSSR count). The van der Waals surface area contributed by atoms with Crippen molar-refractivity contribution >= 4 is 15.7 Å². The Hall–Kier alpha value is -1.14. The van der Waals surface area contributed by atoms with Gasteiger partial charge in [0.05, 0.1) is 10.9 Å². The number of rotatable bonds is 2. The molecule has 1 aromatic rings. The molecule has 0 spiro atoms. The van der Waals surface area contributed by atoms with Gasteiger partial charge in [-0.3, -0.25) is 4.31 Å². The summed E-state index contributed by atoms with van der Waals surface area (Å²) in [4.78, 5) is 0. The van der Waals surface area contributed by atoms with Gasteiger partial charge in [-0.1, -0.05) is 6.07 Å². The van der Waals surface area contributed by atoms with Crippen molar-refractivity contribution in [2.24, 2.45) is 0 Å². The Balaban J connectivity index is 1.98. The number of nitrogens with zero attached hydrogens (tertiary/aromatic N) is 1. The van der Waals surface area contributed by atoms with Crippen molar-refractivity contribution in [3.63, 3.8) is 0 Å². The third-order valence-electron chi connectivity index (χ3n) is 3.64. The Morgan fingerprint density at radius 1 is 1.39 bits per heavy atom. The van der Waals surface area contributed by atoms with Gasteiger partial charge < -0.3 is 5.32 Å². The molecule has 1 fully saturated rings. The number of nitrogens with one attached hydrogen (secondary N) is 1. The maximum Gasteiger partial charge on any atom is 0.239 e. The molecule has 6 heteroatoms. The smallest absolute Gasteiger partial charge is 0.239 e. The van der Waals surface area contributed by atoms with Crippen molar-refractivity contribution in [3.05, 3.63) is 29.6 Å². The first-order valence-electron chi connectivity index (χ1n) is 6.10. The lowest BCUT2D eigenvalue weighted by molar-refractivity contribution is 0.579. The van der Waals surface area contributed by atoms with Gasteiger partial charge in [0.15, 0.2) is 0 Å². The molecule has 1 N–H and O–H groups in total. The van der Waals surface area contributed by atoms with E-state index < -0.39 is 10.0 Å². The quantitative estimate of drug-likeness (QED) is 0.868. The number of halogens is 1. The van der Waals surface area contributed by atoms with Crippen LogP contribution in [0.3, 0.4) is 0 Å². The molecule has 1 aromatic carbocycles. The van der Waals surface area contributed by atoms with Gasteiger partial charge in [0.2, 0.25) is 10.0 Å². The van der Waals surface area contributed by atoms with E-state index in [0.717, 1.165) is 12.1 Å². The Bertz CT molecular complexity index is 567. The van der Waals surface area contributed by atoms with E-state index in [2.05, 4.69) is 5.32 Å². The topological polar surface area (TPSA) is 49.4 Å². The van der Waals surface area contributed by atoms with Crippen molar-refractivity contribution in [3.8, 4) is 0 Å². The van der Waals surface area contributed by atoms with Gasteiger partial charge in [0.25, 0.3) is 0 Å². The van der Waals surface area contributed by atoms with Crippen LogP contribution in [0.15, 0.2) is 18.2 Å². The Morgan fingerprint density at radius 2 is 2.22 bits per heavy atom. The number of benzene rings is 1. The fourth-order valence-corrected chi connectivity index (χ4v) is 4.54. The van der Waals surface area contributed by atoms with Gasteiger partial charge in [0.1, 0.15) is 5.82 Å². The lowest BCUT2D eigenvalue weighted by Crippen LogP contribution is -2.38. The molecule has 1 saturated heterocycles. The fourth-order valence-electron chi connectivity index (χ4n) is 2.65. The largest absolute Gasteiger partial charge is 0.315 e. The minimum absolute atomic E-state index is 0.383. The van der Waals surface area contributed by atoms with E-state index in [0.29, 0.717) is 31.6 Å². The number of hydrogen-bond acceptors (Lipinski definition) is 3. The van der Waals surface area contributed by atoms with Crippen molar-refractivity contribution in [1.29, 1.82) is 0 Å². The molecule has 4 nitrogen and oxygen atoms in total. The lowest BCUT2D eigenvalue weighted by atomic mass is 10.2.